The van der Waals surface area contributed by atoms with Crippen LogP contribution >= 0.6 is 0 Å². The molecule has 0 fully saturated rings. The van der Waals surface area contributed by atoms with Gasteiger partial charge in [-0.15, -0.1) is 0 Å². The molecule has 0 aliphatic carbocycles. The van der Waals surface area contributed by atoms with Crippen LogP contribution in [-0.4, -0.2) is 11.7 Å². The maximum Gasteiger partial charge on any atom is 0.0694 e. The van der Waals surface area contributed by atoms with Crippen molar-refractivity contribution in [3.05, 3.63) is 0 Å². The Morgan fingerprint density at radius 1 is 1.45 bits per heavy atom. The van der Waals surface area contributed by atoms with Gasteiger partial charge in [-0.05, 0) is 18.3 Å². The quantitative estimate of drug-likeness (QED) is 0.677. The van der Waals surface area contributed by atoms with Gasteiger partial charge in [0.2, 0.25) is 0 Å². The van der Waals surface area contributed by atoms with Crippen molar-refractivity contribution in [1.29, 1.82) is 5.26 Å². The first-order valence-electron chi connectivity index (χ1n) is 4.00. The summed E-state index contributed by atoms with van der Waals surface area (Å²) in [6, 6.07) is 2.07. The standard InChI is InChI=1S/C9H17NO/c1-9(2,3)5-4-8(6-10)7-11/h8,11H,4-5,7H2,1-3H3. The lowest BCUT2D eigenvalue weighted by Crippen LogP contribution is -2.10. The molecule has 0 amide bonds. The predicted molar refractivity (Wildman–Crippen MR) is 44.9 cm³/mol. The van der Waals surface area contributed by atoms with E-state index in [2.05, 4.69) is 26.8 Å². The molecular formula is C9H17NO. The van der Waals surface area contributed by atoms with E-state index in [1.807, 2.05) is 0 Å². The van der Waals surface area contributed by atoms with Gasteiger partial charge in [0, 0.05) is 0 Å². The first kappa shape index (κ1) is 10.4. The smallest absolute Gasteiger partial charge is 0.0694 e. The van der Waals surface area contributed by atoms with Crippen LogP contribution in [0.1, 0.15) is 33.6 Å². The molecule has 11 heavy (non-hydrogen) atoms. The minimum atomic E-state index is -0.172. The van der Waals surface area contributed by atoms with Crippen LogP contribution in [0.5, 0.6) is 0 Å². The van der Waals surface area contributed by atoms with Crippen LogP contribution in [0.15, 0.2) is 0 Å². The zero-order valence-corrected chi connectivity index (χ0v) is 7.59. The van der Waals surface area contributed by atoms with Crippen LogP contribution in [0.2, 0.25) is 0 Å². The fourth-order valence-corrected chi connectivity index (χ4v) is 0.804. The highest BCUT2D eigenvalue weighted by Gasteiger charge is 2.13. The summed E-state index contributed by atoms with van der Waals surface area (Å²) in [4.78, 5) is 0. The van der Waals surface area contributed by atoms with Gasteiger partial charge in [0.05, 0.1) is 18.6 Å². The third-order valence-electron chi connectivity index (χ3n) is 1.65. The van der Waals surface area contributed by atoms with Gasteiger partial charge in [0.15, 0.2) is 0 Å². The fourth-order valence-electron chi connectivity index (χ4n) is 0.804. The van der Waals surface area contributed by atoms with Crippen molar-refractivity contribution >= 4 is 0 Å². The average Bonchev–Trinajstić information content (AvgIpc) is 1.88. The van der Waals surface area contributed by atoms with E-state index in [0.717, 1.165) is 12.8 Å². The zero-order chi connectivity index (χ0) is 8.91. The summed E-state index contributed by atoms with van der Waals surface area (Å²) >= 11 is 0. The van der Waals surface area contributed by atoms with E-state index < -0.39 is 0 Å². The maximum absolute atomic E-state index is 8.70. The molecule has 0 aromatic carbocycles. The number of hydrogen-bond acceptors (Lipinski definition) is 2. The van der Waals surface area contributed by atoms with Crippen LogP contribution < -0.4 is 0 Å². The highest BCUT2D eigenvalue weighted by molar-refractivity contribution is 4.82. The number of aliphatic hydroxyl groups excluding tert-OH is 1. The van der Waals surface area contributed by atoms with E-state index in [4.69, 9.17) is 10.4 Å². The highest BCUT2D eigenvalue weighted by atomic mass is 16.3. The molecule has 0 aromatic heterocycles. The molecule has 0 aromatic rings. The lowest BCUT2D eigenvalue weighted by atomic mass is 9.87. The van der Waals surface area contributed by atoms with E-state index in [1.54, 1.807) is 0 Å². The summed E-state index contributed by atoms with van der Waals surface area (Å²) in [6.07, 6.45) is 1.79. The molecule has 0 rings (SSSR count). The Hall–Kier alpha value is -0.550. The number of rotatable bonds is 3. The number of nitrogens with zero attached hydrogens (tertiary/aromatic N) is 1. The molecule has 0 aliphatic rings. The van der Waals surface area contributed by atoms with Crippen molar-refractivity contribution in [1.82, 2.24) is 0 Å². The van der Waals surface area contributed by atoms with Crippen molar-refractivity contribution in [2.24, 2.45) is 11.3 Å². The van der Waals surface area contributed by atoms with Gasteiger partial charge in [-0.25, -0.2) is 0 Å². The topological polar surface area (TPSA) is 44.0 Å². The minimum absolute atomic E-state index is 0.00736. The summed E-state index contributed by atoms with van der Waals surface area (Å²) in [7, 11) is 0. The maximum atomic E-state index is 8.70. The van der Waals surface area contributed by atoms with Gasteiger partial charge in [-0.2, -0.15) is 5.26 Å². The second-order valence-electron chi connectivity index (χ2n) is 4.11. The van der Waals surface area contributed by atoms with Crippen LogP contribution in [-0.2, 0) is 0 Å². The van der Waals surface area contributed by atoms with Gasteiger partial charge in [0.1, 0.15) is 0 Å². The molecular weight excluding hydrogens is 138 g/mol. The first-order valence-corrected chi connectivity index (χ1v) is 4.00. The molecule has 0 aliphatic heterocycles. The van der Waals surface area contributed by atoms with E-state index in [0.29, 0.717) is 0 Å². The number of nitriles is 1. The third-order valence-corrected chi connectivity index (χ3v) is 1.65. The van der Waals surface area contributed by atoms with Crippen LogP contribution in [0.4, 0.5) is 0 Å². The average molecular weight is 155 g/mol. The molecule has 0 bridgehead atoms. The second kappa shape index (κ2) is 4.35. The van der Waals surface area contributed by atoms with Crippen molar-refractivity contribution in [3.63, 3.8) is 0 Å². The van der Waals surface area contributed by atoms with E-state index in [9.17, 15) is 0 Å². The molecule has 1 atom stereocenters. The molecule has 0 heterocycles. The lowest BCUT2D eigenvalue weighted by molar-refractivity contribution is 0.231. The van der Waals surface area contributed by atoms with E-state index in [1.165, 1.54) is 0 Å². The Morgan fingerprint density at radius 3 is 2.27 bits per heavy atom. The summed E-state index contributed by atoms with van der Waals surface area (Å²) in [5.41, 5.74) is 0.268. The van der Waals surface area contributed by atoms with Gasteiger partial charge in [0.25, 0.3) is 0 Å². The Labute approximate surface area is 68.8 Å². The van der Waals surface area contributed by atoms with Crippen molar-refractivity contribution in [3.8, 4) is 6.07 Å². The molecule has 0 radical (unpaired) electrons. The molecule has 0 saturated carbocycles. The number of aliphatic hydroxyl groups is 1. The third kappa shape index (κ3) is 5.87. The predicted octanol–water partition coefficient (Wildman–Crippen LogP) is 1.94. The monoisotopic (exact) mass is 155 g/mol. The minimum Gasteiger partial charge on any atom is -0.395 e. The van der Waals surface area contributed by atoms with Crippen LogP contribution in [0, 0.1) is 22.7 Å². The SMILES string of the molecule is CC(C)(C)CCC(C#N)CO. The Morgan fingerprint density at radius 2 is 2.00 bits per heavy atom. The van der Waals surface area contributed by atoms with Gasteiger partial charge >= 0.3 is 0 Å². The van der Waals surface area contributed by atoms with Gasteiger partial charge in [-0.1, -0.05) is 20.8 Å². The van der Waals surface area contributed by atoms with Crippen molar-refractivity contribution < 1.29 is 5.11 Å². The molecule has 0 saturated heterocycles. The molecule has 0 spiro atoms. The molecule has 2 nitrogen and oxygen atoms in total. The first-order chi connectivity index (χ1) is 4.99. The lowest BCUT2D eigenvalue weighted by Gasteiger charge is -2.18. The van der Waals surface area contributed by atoms with Crippen LogP contribution in [0.3, 0.4) is 0 Å². The summed E-state index contributed by atoms with van der Waals surface area (Å²) in [5.74, 6) is -0.172. The van der Waals surface area contributed by atoms with Crippen LogP contribution in [0.25, 0.3) is 0 Å². The fraction of sp³-hybridized carbons (Fsp3) is 0.889. The van der Waals surface area contributed by atoms with Gasteiger partial charge < -0.3 is 5.11 Å². The molecule has 1 unspecified atom stereocenters. The molecule has 2 heteroatoms. The Balaban J connectivity index is 3.62. The molecule has 64 valence electrons. The Bertz CT molecular complexity index is 141. The van der Waals surface area contributed by atoms with E-state index >= 15 is 0 Å². The number of hydrogen-bond donors (Lipinski definition) is 1. The largest absolute Gasteiger partial charge is 0.395 e. The second-order valence-corrected chi connectivity index (χ2v) is 4.11. The molecule has 1 N–H and O–H groups in total. The normalized spacial score (nSPS) is 14.1. The van der Waals surface area contributed by atoms with Crippen molar-refractivity contribution in [2.75, 3.05) is 6.61 Å². The summed E-state index contributed by atoms with van der Waals surface area (Å²) < 4.78 is 0. The van der Waals surface area contributed by atoms with Crippen molar-refractivity contribution in [2.45, 2.75) is 33.6 Å². The zero-order valence-electron chi connectivity index (χ0n) is 7.59. The van der Waals surface area contributed by atoms with Gasteiger partial charge in [-0.3, -0.25) is 0 Å². The summed E-state index contributed by atoms with van der Waals surface area (Å²) in [5, 5.41) is 17.2. The van der Waals surface area contributed by atoms with E-state index in [-0.39, 0.29) is 17.9 Å². The summed E-state index contributed by atoms with van der Waals surface area (Å²) in [6.45, 7) is 6.41. The Kier molecular flexibility index (Phi) is 4.14. The highest BCUT2D eigenvalue weighted by Crippen LogP contribution is 2.23.